The molecule has 0 saturated heterocycles. The maximum absolute atomic E-state index is 5.38. The Labute approximate surface area is 81.5 Å². The number of methoxy groups -OCH3 is 1. The largest absolute Gasteiger partial charge is 0.385 e. The monoisotopic (exact) mass is 202 g/mol. The second kappa shape index (κ2) is 4.98. The van der Waals surface area contributed by atoms with Gasteiger partial charge in [0.25, 0.3) is 0 Å². The van der Waals surface area contributed by atoms with E-state index in [1.807, 2.05) is 0 Å². The molecule has 1 atom stereocenters. The van der Waals surface area contributed by atoms with Gasteiger partial charge in [0.05, 0.1) is 0 Å². The molecule has 0 bridgehead atoms. The van der Waals surface area contributed by atoms with Crippen LogP contribution in [0.15, 0.2) is 0 Å². The molecule has 0 aliphatic rings. The summed E-state index contributed by atoms with van der Waals surface area (Å²) in [5.74, 6) is 0.325. The summed E-state index contributed by atoms with van der Waals surface area (Å²) in [6.07, 6.45) is 0.940. The zero-order valence-electron chi connectivity index (χ0n) is 7.78. The molecule has 0 aromatic carbocycles. The second-order valence-electron chi connectivity index (χ2n) is 2.78. The van der Waals surface area contributed by atoms with Gasteiger partial charge < -0.3 is 15.8 Å². The minimum absolute atomic E-state index is 0.325. The molecule has 1 unspecified atom stereocenters. The molecule has 1 rings (SSSR count). The van der Waals surface area contributed by atoms with Crippen LogP contribution in [0, 0.1) is 0 Å². The van der Waals surface area contributed by atoms with Crippen LogP contribution in [0.1, 0.15) is 13.3 Å². The molecule has 0 aliphatic heterocycles. The molecular formula is C7H14N4OS. The van der Waals surface area contributed by atoms with Crippen molar-refractivity contribution in [3.63, 3.8) is 0 Å². The molecule has 0 spiro atoms. The highest BCUT2D eigenvalue weighted by Gasteiger charge is 2.04. The van der Waals surface area contributed by atoms with Gasteiger partial charge in [-0.1, -0.05) is 0 Å². The zero-order chi connectivity index (χ0) is 9.68. The molecule has 0 radical (unpaired) electrons. The lowest BCUT2D eigenvalue weighted by Crippen LogP contribution is -2.16. The van der Waals surface area contributed by atoms with E-state index in [0.29, 0.717) is 12.0 Å². The van der Waals surface area contributed by atoms with Crippen LogP contribution in [0.2, 0.25) is 0 Å². The summed E-state index contributed by atoms with van der Waals surface area (Å²) in [6.45, 7) is 2.80. The van der Waals surface area contributed by atoms with Gasteiger partial charge in [0.1, 0.15) is 0 Å². The summed E-state index contributed by atoms with van der Waals surface area (Å²) in [4.78, 5) is 3.99. The van der Waals surface area contributed by atoms with Crippen molar-refractivity contribution in [2.75, 3.05) is 24.8 Å². The number of anilines is 2. The number of nitrogens with zero attached hydrogens (tertiary/aromatic N) is 2. The van der Waals surface area contributed by atoms with Crippen LogP contribution in [-0.4, -0.2) is 29.1 Å². The van der Waals surface area contributed by atoms with Gasteiger partial charge >= 0.3 is 0 Å². The Bertz CT molecular complexity index is 252. The first-order valence-electron chi connectivity index (χ1n) is 4.07. The normalized spacial score (nSPS) is 12.8. The third-order valence-corrected chi connectivity index (χ3v) is 2.23. The number of nitrogens with two attached hydrogens (primary N) is 1. The molecule has 1 heterocycles. The first-order chi connectivity index (χ1) is 6.22. The fourth-order valence-electron chi connectivity index (χ4n) is 0.871. The third-order valence-electron chi connectivity index (χ3n) is 1.57. The molecule has 13 heavy (non-hydrogen) atoms. The van der Waals surface area contributed by atoms with Crippen LogP contribution in [-0.2, 0) is 4.74 Å². The molecule has 1 aromatic heterocycles. The highest BCUT2D eigenvalue weighted by atomic mass is 32.1. The topological polar surface area (TPSA) is 73.1 Å². The summed E-state index contributed by atoms with van der Waals surface area (Å²) in [5, 5.41) is 3.95. The summed E-state index contributed by atoms with van der Waals surface area (Å²) in [7, 11) is 1.69. The zero-order valence-corrected chi connectivity index (χ0v) is 8.60. The molecule has 6 heteroatoms. The van der Waals surface area contributed by atoms with Crippen LogP contribution in [0.25, 0.3) is 0 Å². The van der Waals surface area contributed by atoms with E-state index in [0.717, 1.165) is 18.2 Å². The molecule has 0 aliphatic carbocycles. The predicted molar refractivity (Wildman–Crippen MR) is 53.9 cm³/mol. The van der Waals surface area contributed by atoms with Gasteiger partial charge in [0.2, 0.25) is 11.1 Å². The minimum atomic E-state index is 0.325. The molecule has 0 amide bonds. The van der Waals surface area contributed by atoms with Gasteiger partial charge in [-0.15, -0.1) is 0 Å². The summed E-state index contributed by atoms with van der Waals surface area (Å²) < 4.78 is 8.82. The molecule has 0 saturated carbocycles. The number of hydrogen-bond donors (Lipinski definition) is 2. The lowest BCUT2D eigenvalue weighted by molar-refractivity contribution is 0.191. The number of hydrogen-bond acceptors (Lipinski definition) is 6. The Hall–Kier alpha value is -0.880. The highest BCUT2D eigenvalue weighted by Crippen LogP contribution is 2.13. The number of nitrogen functional groups attached to an aromatic ring is 1. The van der Waals surface area contributed by atoms with E-state index in [4.69, 9.17) is 10.5 Å². The average Bonchev–Trinajstić information content (AvgIpc) is 2.48. The smallest absolute Gasteiger partial charge is 0.233 e. The van der Waals surface area contributed by atoms with E-state index in [-0.39, 0.29) is 0 Å². The van der Waals surface area contributed by atoms with Crippen molar-refractivity contribution in [3.8, 4) is 0 Å². The SMILES string of the molecule is COCCC(C)Nc1nc(N)ns1. The second-order valence-corrected chi connectivity index (χ2v) is 3.54. The molecule has 3 N–H and O–H groups in total. The lowest BCUT2D eigenvalue weighted by Gasteiger charge is -2.10. The molecular weight excluding hydrogens is 188 g/mol. The summed E-state index contributed by atoms with van der Waals surface area (Å²) >= 11 is 1.27. The Kier molecular flexibility index (Phi) is 3.91. The van der Waals surface area contributed by atoms with Gasteiger partial charge in [0.15, 0.2) is 0 Å². The van der Waals surface area contributed by atoms with E-state index < -0.39 is 0 Å². The molecule has 5 nitrogen and oxygen atoms in total. The van der Waals surface area contributed by atoms with Gasteiger partial charge in [-0.3, -0.25) is 0 Å². The standard InChI is InChI=1S/C7H14N4OS/c1-5(3-4-12-2)9-7-10-6(8)11-13-7/h5H,3-4H2,1-2H3,(H3,8,9,10,11). The Morgan fingerprint density at radius 1 is 1.69 bits per heavy atom. The lowest BCUT2D eigenvalue weighted by atomic mass is 10.2. The number of nitrogens with one attached hydrogen (secondary N) is 1. The highest BCUT2D eigenvalue weighted by molar-refractivity contribution is 7.09. The van der Waals surface area contributed by atoms with Crippen LogP contribution in [0.5, 0.6) is 0 Å². The number of aromatic nitrogens is 2. The molecule has 74 valence electrons. The van der Waals surface area contributed by atoms with E-state index in [1.165, 1.54) is 11.5 Å². The first-order valence-corrected chi connectivity index (χ1v) is 4.84. The maximum atomic E-state index is 5.38. The maximum Gasteiger partial charge on any atom is 0.233 e. The first kappa shape index (κ1) is 10.2. The number of rotatable bonds is 5. The van der Waals surface area contributed by atoms with Crippen LogP contribution >= 0.6 is 11.5 Å². The summed E-state index contributed by atoms with van der Waals surface area (Å²) in [6, 6.07) is 0.326. The van der Waals surface area contributed by atoms with E-state index in [9.17, 15) is 0 Å². The van der Waals surface area contributed by atoms with Crippen molar-refractivity contribution in [2.24, 2.45) is 0 Å². The minimum Gasteiger partial charge on any atom is -0.385 e. The van der Waals surface area contributed by atoms with E-state index in [2.05, 4.69) is 21.6 Å². The van der Waals surface area contributed by atoms with Crippen molar-refractivity contribution in [3.05, 3.63) is 0 Å². The van der Waals surface area contributed by atoms with Gasteiger partial charge in [0, 0.05) is 31.3 Å². The van der Waals surface area contributed by atoms with Crippen LogP contribution in [0.3, 0.4) is 0 Å². The number of ether oxygens (including phenoxy) is 1. The fraction of sp³-hybridized carbons (Fsp3) is 0.714. The fourth-order valence-corrected chi connectivity index (χ4v) is 1.48. The molecule has 0 fully saturated rings. The Balaban J connectivity index is 2.31. The summed E-state index contributed by atoms with van der Waals surface area (Å²) in [5.41, 5.74) is 5.38. The van der Waals surface area contributed by atoms with Gasteiger partial charge in [-0.2, -0.15) is 9.36 Å². The third kappa shape index (κ3) is 3.56. The Morgan fingerprint density at radius 3 is 3.00 bits per heavy atom. The Morgan fingerprint density at radius 2 is 2.46 bits per heavy atom. The van der Waals surface area contributed by atoms with Crippen molar-refractivity contribution < 1.29 is 4.74 Å². The van der Waals surface area contributed by atoms with Crippen molar-refractivity contribution in [1.82, 2.24) is 9.36 Å². The predicted octanol–water partition coefficient (Wildman–Crippen LogP) is 0.957. The average molecular weight is 202 g/mol. The van der Waals surface area contributed by atoms with Gasteiger partial charge in [-0.25, -0.2) is 0 Å². The van der Waals surface area contributed by atoms with Crippen molar-refractivity contribution in [2.45, 2.75) is 19.4 Å². The van der Waals surface area contributed by atoms with E-state index in [1.54, 1.807) is 7.11 Å². The van der Waals surface area contributed by atoms with Crippen LogP contribution in [0.4, 0.5) is 11.1 Å². The van der Waals surface area contributed by atoms with Crippen molar-refractivity contribution >= 4 is 22.6 Å². The molecule has 1 aromatic rings. The quantitative estimate of drug-likeness (QED) is 0.744. The van der Waals surface area contributed by atoms with Crippen molar-refractivity contribution in [1.29, 1.82) is 0 Å². The van der Waals surface area contributed by atoms with E-state index >= 15 is 0 Å². The van der Waals surface area contributed by atoms with Crippen LogP contribution < -0.4 is 11.1 Å². The van der Waals surface area contributed by atoms with Gasteiger partial charge in [-0.05, 0) is 13.3 Å².